The molecular formula is C135H87N15. The number of nitrogens with zero attached hydrogens (tertiary/aromatic N) is 15. The van der Waals surface area contributed by atoms with Gasteiger partial charge in [-0.15, -0.1) is 0 Å². The fourth-order valence-corrected chi connectivity index (χ4v) is 21.9. The van der Waals surface area contributed by atoms with Crippen LogP contribution in [0.3, 0.4) is 0 Å². The maximum atomic E-state index is 5.11. The van der Waals surface area contributed by atoms with E-state index in [-0.39, 0.29) is 0 Å². The molecule has 0 N–H and O–H groups in total. The van der Waals surface area contributed by atoms with Gasteiger partial charge in [-0.2, -0.15) is 0 Å². The second-order valence-electron chi connectivity index (χ2n) is 37.6. The van der Waals surface area contributed by atoms with Gasteiger partial charge in [-0.1, -0.05) is 346 Å². The van der Waals surface area contributed by atoms with E-state index in [2.05, 4.69) is 416 Å². The lowest BCUT2D eigenvalue weighted by atomic mass is 10.1. The summed E-state index contributed by atoms with van der Waals surface area (Å²) in [5, 5.41) is 14.5. The van der Waals surface area contributed by atoms with Gasteiger partial charge in [0, 0.05) is 150 Å². The average molecular weight is 1920 g/mol. The summed E-state index contributed by atoms with van der Waals surface area (Å²) >= 11 is 0. The van der Waals surface area contributed by atoms with Crippen molar-refractivity contribution in [3.05, 3.63) is 528 Å². The molecule has 0 atom stereocenters. The van der Waals surface area contributed by atoms with E-state index in [1.54, 1.807) is 0 Å². The summed E-state index contributed by atoms with van der Waals surface area (Å²) in [6.07, 6.45) is 7.56. The fourth-order valence-electron chi connectivity index (χ4n) is 21.9. The molecule has 0 amide bonds. The van der Waals surface area contributed by atoms with E-state index < -0.39 is 0 Å². The van der Waals surface area contributed by atoms with Crippen LogP contribution in [0.15, 0.2) is 528 Å². The highest BCUT2D eigenvalue weighted by molar-refractivity contribution is 6.23. The van der Waals surface area contributed by atoms with Crippen LogP contribution in [-0.2, 0) is 0 Å². The molecule has 0 aliphatic heterocycles. The van der Waals surface area contributed by atoms with Gasteiger partial charge in [0.25, 0.3) is 0 Å². The smallest absolute Gasteiger partial charge is 0.162 e. The van der Waals surface area contributed by atoms with Crippen LogP contribution in [0.1, 0.15) is 0 Å². The van der Waals surface area contributed by atoms with Crippen LogP contribution in [0.25, 0.3) is 267 Å². The molecule has 0 fully saturated rings. The molecule has 18 aromatic carbocycles. The Bertz CT molecular complexity index is 9860. The molecule has 150 heavy (non-hydrogen) atoms. The van der Waals surface area contributed by atoms with Crippen molar-refractivity contribution in [3.63, 3.8) is 0 Å². The molecule has 0 aliphatic carbocycles. The maximum Gasteiger partial charge on any atom is 0.162 e. The third kappa shape index (κ3) is 15.4. The summed E-state index contributed by atoms with van der Waals surface area (Å²) in [5.74, 6) is 3.58. The van der Waals surface area contributed by atoms with Gasteiger partial charge in [0.2, 0.25) is 0 Å². The Kier molecular flexibility index (Phi) is 21.5. The van der Waals surface area contributed by atoms with Crippen molar-refractivity contribution in [1.29, 1.82) is 0 Å². The topological polar surface area (TPSA) is 146 Å². The van der Waals surface area contributed by atoms with Gasteiger partial charge in [-0.05, 0) is 158 Å². The summed E-state index contributed by atoms with van der Waals surface area (Å²) in [6, 6.07) is 176. The quantitative estimate of drug-likeness (QED) is 0.0979. The lowest BCUT2D eigenvalue weighted by molar-refractivity contribution is 1.07. The first-order chi connectivity index (χ1) is 74.4. The van der Waals surface area contributed by atoms with E-state index in [1.807, 2.05) is 140 Å². The van der Waals surface area contributed by atoms with Crippen molar-refractivity contribution in [2.45, 2.75) is 0 Å². The van der Waals surface area contributed by atoms with Crippen molar-refractivity contribution in [1.82, 2.24) is 72.3 Å². The molecule has 12 heterocycles. The number of benzene rings is 18. The van der Waals surface area contributed by atoms with Gasteiger partial charge < -0.3 is 18.3 Å². The highest BCUT2D eigenvalue weighted by Gasteiger charge is 2.27. The zero-order chi connectivity index (χ0) is 99.1. The minimum Gasteiger partial charge on any atom is -0.309 e. The number of fused-ring (bicyclic) bond motifs is 18. The van der Waals surface area contributed by atoms with Crippen LogP contribution < -0.4 is 0 Å². The Morgan fingerprint density at radius 1 is 0.133 bits per heavy atom. The summed E-state index contributed by atoms with van der Waals surface area (Å²) in [7, 11) is 0. The third-order valence-corrected chi connectivity index (χ3v) is 28.7. The zero-order valence-electron chi connectivity index (χ0n) is 80.9. The first-order valence-corrected chi connectivity index (χ1v) is 50.3. The molecule has 0 radical (unpaired) electrons. The molecule has 0 saturated heterocycles. The van der Waals surface area contributed by atoms with Gasteiger partial charge >= 0.3 is 0 Å². The second kappa shape index (κ2) is 37.0. The lowest BCUT2D eigenvalue weighted by Crippen LogP contribution is -2.00. The fraction of sp³-hybridized carbons (Fsp3) is 0. The Hall–Kier alpha value is -20.6. The largest absolute Gasteiger partial charge is 0.309 e. The van der Waals surface area contributed by atoms with Crippen LogP contribution in [0, 0.1) is 0 Å². The predicted molar refractivity (Wildman–Crippen MR) is 614 cm³/mol. The summed E-state index contributed by atoms with van der Waals surface area (Å²) in [5.41, 5.74) is 32.1. The molecule has 702 valence electrons. The van der Waals surface area contributed by atoms with Crippen LogP contribution in [0.4, 0.5) is 0 Å². The third-order valence-electron chi connectivity index (χ3n) is 28.7. The minimum atomic E-state index is 0.631. The first kappa shape index (κ1) is 87.3. The molecule has 30 aromatic rings. The van der Waals surface area contributed by atoms with E-state index in [4.69, 9.17) is 44.9 Å². The molecule has 15 nitrogen and oxygen atoms in total. The molecule has 0 saturated carbocycles. The van der Waals surface area contributed by atoms with E-state index in [9.17, 15) is 0 Å². The molecule has 0 unspecified atom stereocenters. The Morgan fingerprint density at radius 3 is 0.720 bits per heavy atom. The molecule has 0 bridgehead atoms. The average Bonchev–Trinajstić information content (AvgIpc) is 1.57. The van der Waals surface area contributed by atoms with Crippen molar-refractivity contribution in [2.75, 3.05) is 0 Å². The van der Waals surface area contributed by atoms with Gasteiger partial charge in [0.05, 0.1) is 112 Å². The molecule has 15 heteroatoms. The number of pyridine rings is 3. The van der Waals surface area contributed by atoms with Gasteiger partial charge in [-0.3, -0.25) is 14.1 Å². The van der Waals surface area contributed by atoms with Crippen molar-refractivity contribution < 1.29 is 0 Å². The van der Waals surface area contributed by atoms with E-state index >= 15 is 0 Å². The zero-order valence-corrected chi connectivity index (χ0v) is 80.9. The molecule has 30 rings (SSSR count). The van der Waals surface area contributed by atoms with Gasteiger partial charge in [-0.25, -0.2) is 39.9 Å². The molecule has 12 aromatic heterocycles. The summed E-state index contributed by atoms with van der Waals surface area (Å²) < 4.78 is 14.0. The molecule has 0 spiro atoms. The van der Waals surface area contributed by atoms with Crippen molar-refractivity contribution in [3.8, 4) is 136 Å². The normalized spacial score (nSPS) is 11.6. The first-order valence-electron chi connectivity index (χ1n) is 50.3. The van der Waals surface area contributed by atoms with Gasteiger partial charge in [0.1, 0.15) is 11.6 Å². The van der Waals surface area contributed by atoms with Gasteiger partial charge in [0.15, 0.2) is 17.5 Å². The van der Waals surface area contributed by atoms with Crippen LogP contribution in [0.5, 0.6) is 0 Å². The molecular weight excluding hydrogens is 1830 g/mol. The standard InChI is InChI=1S/3C45H29N5/c1-4-14-30(15-5-1)39-26-40(31-16-6-2-7-17-31)48-45(47-39)32-24-34(29-46-28-32)50-42-23-13-11-21-36(42)38-25-37-35-20-10-12-22-41(35)49(43(37)27-44(38)50)33-18-8-3-9-19-33;1-4-14-30(15-5-1)38-28-39(31-16-6-2-7-17-31)48-45(47-38)32-24-25-44(46-29-32)50-41-23-13-11-21-35(41)37-26-42-36(27-43(37)50)34-20-10-12-22-40(34)49(42)33-18-8-3-9-19-33;1-4-14-30(15-5-1)38-28-39(31-16-6-2-7-17-31)48-45(47-38)32-24-25-46-44(26-32)50-41-23-13-11-21-35(41)37-27-36-34-20-10-12-22-40(34)49(42(36)29-43(37)50)33-18-8-3-9-19-33/h3*1-29H. The number of hydrogen-bond donors (Lipinski definition) is 0. The summed E-state index contributed by atoms with van der Waals surface area (Å²) in [4.78, 5) is 45.3. The Balaban J connectivity index is 0.000000108. The van der Waals surface area contributed by atoms with Crippen LogP contribution in [0.2, 0.25) is 0 Å². The number of para-hydroxylation sites is 9. The SMILES string of the molecule is c1ccc(-c2cc(-c3ccccc3)nc(-c3ccc(-n4c5ccccc5c5cc6c(cc54)c4ccccc4n6-c4ccccc4)nc3)n2)cc1.c1ccc(-c2cc(-c3ccccc3)nc(-c3ccnc(-n4c5ccccc5c5cc6c7ccccc7n(-c7ccccc7)c6cc54)c3)n2)cc1.c1ccc(-c2cc(-c3ccccc3)nc(-c3cncc(-n4c5ccccc5c5cc6c7ccccc7n(-c7ccccc7)c6cc54)c3)n2)cc1. The highest BCUT2D eigenvalue weighted by atomic mass is 15.1. The number of aromatic nitrogens is 15. The Morgan fingerprint density at radius 2 is 0.393 bits per heavy atom. The summed E-state index contributed by atoms with van der Waals surface area (Å²) in [6.45, 7) is 0. The maximum absolute atomic E-state index is 5.11. The Labute approximate surface area is 861 Å². The van der Waals surface area contributed by atoms with Crippen molar-refractivity contribution >= 4 is 131 Å². The van der Waals surface area contributed by atoms with E-state index in [0.717, 1.165) is 163 Å². The van der Waals surface area contributed by atoms with E-state index in [0.29, 0.717) is 17.5 Å². The number of hydrogen-bond acceptors (Lipinski definition) is 9. The van der Waals surface area contributed by atoms with Crippen molar-refractivity contribution in [2.24, 2.45) is 0 Å². The van der Waals surface area contributed by atoms with Crippen LogP contribution >= 0.6 is 0 Å². The lowest BCUT2D eigenvalue weighted by Gasteiger charge is -2.12. The monoisotopic (exact) mass is 1920 g/mol. The highest BCUT2D eigenvalue weighted by Crippen LogP contribution is 2.46. The second-order valence-corrected chi connectivity index (χ2v) is 37.6. The number of rotatable bonds is 15. The van der Waals surface area contributed by atoms with Crippen LogP contribution in [-0.4, -0.2) is 72.3 Å². The minimum absolute atomic E-state index is 0.631. The predicted octanol–water partition coefficient (Wildman–Crippen LogP) is 33.2. The van der Waals surface area contributed by atoms with E-state index in [1.165, 1.54) is 86.7 Å². The molecule has 0 aliphatic rings.